The van der Waals surface area contributed by atoms with Gasteiger partial charge in [0.1, 0.15) is 0 Å². The maximum atomic E-state index is 11.9. The summed E-state index contributed by atoms with van der Waals surface area (Å²) in [5.41, 5.74) is 5.77. The number of hydrogen-bond donors (Lipinski definition) is 1. The van der Waals surface area contributed by atoms with Crippen LogP contribution in [0.3, 0.4) is 0 Å². The van der Waals surface area contributed by atoms with Gasteiger partial charge in [0.15, 0.2) is 0 Å². The fraction of sp³-hybridized carbons (Fsp3) is 0.909. The summed E-state index contributed by atoms with van der Waals surface area (Å²) in [4.78, 5) is 15.4. The molecule has 0 unspecified atom stereocenters. The Bertz CT molecular complexity index is 222. The lowest BCUT2D eigenvalue weighted by atomic mass is 9.80. The molecule has 0 aromatic heterocycles. The minimum Gasteiger partial charge on any atom is -0.331 e. The molecule has 1 rings (SSSR count). The Morgan fingerprint density at radius 1 is 1.20 bits per heavy atom. The SMILES string of the molecule is CN(C)C(=O)N(C)C1(CN)CCCCC1. The van der Waals surface area contributed by atoms with E-state index in [-0.39, 0.29) is 11.6 Å². The molecule has 1 aliphatic carbocycles. The zero-order valence-corrected chi connectivity index (χ0v) is 10.1. The first-order valence-corrected chi connectivity index (χ1v) is 5.69. The third-order valence-corrected chi connectivity index (χ3v) is 3.55. The van der Waals surface area contributed by atoms with Gasteiger partial charge in [0.25, 0.3) is 0 Å². The summed E-state index contributed by atoms with van der Waals surface area (Å²) >= 11 is 0. The van der Waals surface area contributed by atoms with E-state index in [1.807, 2.05) is 11.9 Å². The van der Waals surface area contributed by atoms with E-state index in [9.17, 15) is 4.79 Å². The van der Waals surface area contributed by atoms with Crippen LogP contribution in [0.5, 0.6) is 0 Å². The molecule has 88 valence electrons. The van der Waals surface area contributed by atoms with Gasteiger partial charge in [0.2, 0.25) is 0 Å². The summed E-state index contributed by atoms with van der Waals surface area (Å²) in [5, 5.41) is 0. The normalized spacial score (nSPS) is 19.7. The van der Waals surface area contributed by atoms with Crippen molar-refractivity contribution in [1.29, 1.82) is 0 Å². The van der Waals surface area contributed by atoms with Gasteiger partial charge in [-0.15, -0.1) is 0 Å². The van der Waals surface area contributed by atoms with Crippen molar-refractivity contribution in [3.8, 4) is 0 Å². The largest absolute Gasteiger partial charge is 0.331 e. The van der Waals surface area contributed by atoms with Gasteiger partial charge in [-0.1, -0.05) is 19.3 Å². The van der Waals surface area contributed by atoms with Crippen molar-refractivity contribution in [3.63, 3.8) is 0 Å². The van der Waals surface area contributed by atoms with E-state index < -0.39 is 0 Å². The summed E-state index contributed by atoms with van der Waals surface area (Å²) in [6.45, 7) is 0.572. The molecule has 1 fully saturated rings. The predicted molar refractivity (Wildman–Crippen MR) is 61.7 cm³/mol. The van der Waals surface area contributed by atoms with Crippen LogP contribution in [0, 0.1) is 0 Å². The third kappa shape index (κ3) is 2.43. The molecule has 1 aliphatic rings. The fourth-order valence-corrected chi connectivity index (χ4v) is 2.39. The van der Waals surface area contributed by atoms with Crippen LogP contribution in [0.1, 0.15) is 32.1 Å². The molecule has 1 saturated carbocycles. The highest BCUT2D eigenvalue weighted by atomic mass is 16.2. The molecule has 0 radical (unpaired) electrons. The van der Waals surface area contributed by atoms with Gasteiger partial charge >= 0.3 is 6.03 Å². The number of urea groups is 1. The molecule has 0 aromatic carbocycles. The second-order valence-electron chi connectivity index (χ2n) is 4.73. The molecule has 0 spiro atoms. The van der Waals surface area contributed by atoms with Gasteiger partial charge in [0, 0.05) is 27.7 Å². The van der Waals surface area contributed by atoms with Crippen molar-refractivity contribution in [2.24, 2.45) is 5.73 Å². The Morgan fingerprint density at radius 2 is 1.73 bits per heavy atom. The predicted octanol–water partition coefficient (Wildman–Crippen LogP) is 1.26. The zero-order chi connectivity index (χ0) is 11.5. The van der Waals surface area contributed by atoms with E-state index in [2.05, 4.69) is 0 Å². The molecule has 2 N–H and O–H groups in total. The summed E-state index contributed by atoms with van der Waals surface area (Å²) in [7, 11) is 5.44. The second kappa shape index (κ2) is 4.84. The van der Waals surface area contributed by atoms with Crippen LogP contribution in [-0.4, -0.2) is 49.1 Å². The summed E-state index contributed by atoms with van der Waals surface area (Å²) in [6, 6.07) is 0.0577. The Labute approximate surface area is 92.4 Å². The average molecular weight is 213 g/mol. The minimum absolute atomic E-state index is 0.0577. The molecule has 0 heterocycles. The Balaban J connectivity index is 2.75. The van der Waals surface area contributed by atoms with Crippen LogP contribution in [-0.2, 0) is 0 Å². The zero-order valence-electron chi connectivity index (χ0n) is 10.1. The number of likely N-dealkylation sites (N-methyl/N-ethyl adjacent to an activating group) is 1. The number of carbonyl (C=O) groups is 1. The number of rotatable bonds is 2. The Morgan fingerprint density at radius 3 is 2.13 bits per heavy atom. The van der Waals surface area contributed by atoms with Crippen molar-refractivity contribution in [2.45, 2.75) is 37.6 Å². The monoisotopic (exact) mass is 213 g/mol. The number of carbonyl (C=O) groups excluding carboxylic acids is 1. The van der Waals surface area contributed by atoms with E-state index in [1.54, 1.807) is 19.0 Å². The first-order chi connectivity index (χ1) is 7.03. The second-order valence-corrected chi connectivity index (χ2v) is 4.73. The van der Waals surface area contributed by atoms with Gasteiger partial charge < -0.3 is 15.5 Å². The molecule has 4 heteroatoms. The molecule has 15 heavy (non-hydrogen) atoms. The van der Waals surface area contributed by atoms with Crippen molar-refractivity contribution in [3.05, 3.63) is 0 Å². The lowest BCUT2D eigenvalue weighted by molar-refractivity contribution is 0.0888. The highest BCUT2D eigenvalue weighted by Gasteiger charge is 2.37. The quantitative estimate of drug-likeness (QED) is 0.750. The van der Waals surface area contributed by atoms with Gasteiger partial charge in [0.05, 0.1) is 5.54 Å². The van der Waals surface area contributed by atoms with Crippen molar-refractivity contribution >= 4 is 6.03 Å². The fourth-order valence-electron chi connectivity index (χ4n) is 2.39. The van der Waals surface area contributed by atoms with Crippen molar-refractivity contribution < 1.29 is 4.79 Å². The standard InChI is InChI=1S/C11H23N3O/c1-13(2)10(15)14(3)11(9-12)7-5-4-6-8-11/h4-9,12H2,1-3H3. The highest BCUT2D eigenvalue weighted by molar-refractivity contribution is 5.74. The molecular weight excluding hydrogens is 190 g/mol. The Hall–Kier alpha value is -0.770. The number of nitrogens with zero attached hydrogens (tertiary/aromatic N) is 2. The summed E-state index contributed by atoms with van der Waals surface area (Å²) in [6.07, 6.45) is 5.72. The van der Waals surface area contributed by atoms with Gasteiger partial charge in [-0.25, -0.2) is 4.79 Å². The first kappa shape index (κ1) is 12.3. The topological polar surface area (TPSA) is 49.6 Å². The Kier molecular flexibility index (Phi) is 3.97. The maximum Gasteiger partial charge on any atom is 0.319 e. The molecule has 0 aromatic rings. The maximum absolute atomic E-state index is 11.9. The van der Waals surface area contributed by atoms with Crippen LogP contribution < -0.4 is 5.73 Å². The third-order valence-electron chi connectivity index (χ3n) is 3.55. The van der Waals surface area contributed by atoms with Gasteiger partial charge in [-0.05, 0) is 12.8 Å². The van der Waals surface area contributed by atoms with Gasteiger partial charge in [-0.2, -0.15) is 0 Å². The van der Waals surface area contributed by atoms with E-state index in [0.29, 0.717) is 6.54 Å². The molecule has 0 saturated heterocycles. The van der Waals surface area contributed by atoms with E-state index in [1.165, 1.54) is 19.3 Å². The van der Waals surface area contributed by atoms with Crippen LogP contribution in [0.15, 0.2) is 0 Å². The van der Waals surface area contributed by atoms with Crippen molar-refractivity contribution in [1.82, 2.24) is 9.80 Å². The van der Waals surface area contributed by atoms with Crippen molar-refractivity contribution in [2.75, 3.05) is 27.7 Å². The first-order valence-electron chi connectivity index (χ1n) is 5.69. The lowest BCUT2D eigenvalue weighted by Gasteiger charge is -2.44. The molecular formula is C11H23N3O. The number of nitrogens with two attached hydrogens (primary N) is 1. The molecule has 4 nitrogen and oxygen atoms in total. The van der Waals surface area contributed by atoms with Crippen LogP contribution in [0.4, 0.5) is 4.79 Å². The van der Waals surface area contributed by atoms with E-state index in [0.717, 1.165) is 12.8 Å². The molecule has 0 bridgehead atoms. The van der Waals surface area contributed by atoms with E-state index in [4.69, 9.17) is 5.73 Å². The van der Waals surface area contributed by atoms with Crippen LogP contribution in [0.25, 0.3) is 0 Å². The number of hydrogen-bond acceptors (Lipinski definition) is 2. The lowest BCUT2D eigenvalue weighted by Crippen LogP contribution is -2.57. The van der Waals surface area contributed by atoms with Crippen LogP contribution >= 0.6 is 0 Å². The van der Waals surface area contributed by atoms with Crippen LogP contribution in [0.2, 0.25) is 0 Å². The summed E-state index contributed by atoms with van der Waals surface area (Å²) in [5.74, 6) is 0. The summed E-state index contributed by atoms with van der Waals surface area (Å²) < 4.78 is 0. The minimum atomic E-state index is -0.0976. The smallest absolute Gasteiger partial charge is 0.319 e. The molecule has 0 aliphatic heterocycles. The van der Waals surface area contributed by atoms with Gasteiger partial charge in [-0.3, -0.25) is 0 Å². The average Bonchev–Trinajstić information content (AvgIpc) is 2.27. The molecule has 2 amide bonds. The molecule has 0 atom stereocenters. The van der Waals surface area contributed by atoms with E-state index >= 15 is 0 Å². The highest BCUT2D eigenvalue weighted by Crippen LogP contribution is 2.32. The number of amides is 2.